The summed E-state index contributed by atoms with van der Waals surface area (Å²) in [6.45, 7) is 1.15. The van der Waals surface area contributed by atoms with Crippen LogP contribution in [0.5, 0.6) is 0 Å². The molecule has 0 aromatic heterocycles. The van der Waals surface area contributed by atoms with E-state index in [9.17, 15) is 14.0 Å². The highest BCUT2D eigenvalue weighted by molar-refractivity contribution is 5.95. The molecule has 0 aliphatic carbocycles. The molecule has 0 atom stereocenters. The van der Waals surface area contributed by atoms with Gasteiger partial charge in [-0.25, -0.2) is 9.18 Å². The van der Waals surface area contributed by atoms with Crippen molar-refractivity contribution < 1.29 is 18.7 Å². The quantitative estimate of drug-likeness (QED) is 0.675. The number of nitrogens with one attached hydrogen (secondary N) is 3. The number of anilines is 1. The Labute approximate surface area is 145 Å². The lowest BCUT2D eigenvalue weighted by molar-refractivity contribution is 0.0951. The van der Waals surface area contributed by atoms with Gasteiger partial charge in [0.1, 0.15) is 5.82 Å². The van der Waals surface area contributed by atoms with Crippen LogP contribution < -0.4 is 16.0 Å². The summed E-state index contributed by atoms with van der Waals surface area (Å²) in [7, 11) is 1.55. The van der Waals surface area contributed by atoms with Gasteiger partial charge in [-0.2, -0.15) is 0 Å². The third kappa shape index (κ3) is 6.23. The molecular weight excluding hydrogens is 325 g/mol. The van der Waals surface area contributed by atoms with Crippen molar-refractivity contribution in [1.82, 2.24) is 10.6 Å². The van der Waals surface area contributed by atoms with Crippen molar-refractivity contribution >= 4 is 17.6 Å². The molecule has 0 unspecified atom stereocenters. The van der Waals surface area contributed by atoms with Crippen molar-refractivity contribution in [2.75, 3.05) is 25.6 Å². The Kier molecular flexibility index (Phi) is 6.91. The number of amides is 3. The zero-order valence-corrected chi connectivity index (χ0v) is 13.8. The molecule has 2 rings (SSSR count). The van der Waals surface area contributed by atoms with Crippen LogP contribution in [-0.2, 0) is 11.3 Å². The summed E-state index contributed by atoms with van der Waals surface area (Å²) in [6.07, 6.45) is 0. The van der Waals surface area contributed by atoms with E-state index in [0.29, 0.717) is 30.9 Å². The summed E-state index contributed by atoms with van der Waals surface area (Å²) in [5.74, 6) is -0.565. The zero-order valence-electron chi connectivity index (χ0n) is 13.8. The fourth-order valence-electron chi connectivity index (χ4n) is 2.03. The Morgan fingerprint density at radius 2 is 1.68 bits per heavy atom. The van der Waals surface area contributed by atoms with Gasteiger partial charge in [-0.1, -0.05) is 12.1 Å². The van der Waals surface area contributed by atoms with Gasteiger partial charge in [0.25, 0.3) is 5.91 Å². The van der Waals surface area contributed by atoms with Crippen molar-refractivity contribution in [3.8, 4) is 0 Å². The first-order valence-electron chi connectivity index (χ1n) is 7.75. The molecular formula is C18H20FN3O3. The number of hydrogen-bond acceptors (Lipinski definition) is 3. The lowest BCUT2D eigenvalue weighted by atomic mass is 10.1. The number of urea groups is 1. The van der Waals surface area contributed by atoms with Gasteiger partial charge in [0.2, 0.25) is 0 Å². The monoisotopic (exact) mass is 345 g/mol. The fraction of sp³-hybridized carbons (Fsp3) is 0.222. The topological polar surface area (TPSA) is 79.5 Å². The van der Waals surface area contributed by atoms with E-state index in [1.807, 2.05) is 0 Å². The first-order chi connectivity index (χ1) is 12.1. The summed E-state index contributed by atoms with van der Waals surface area (Å²) in [5, 5.41) is 8.04. The molecule has 2 aromatic carbocycles. The summed E-state index contributed by atoms with van der Waals surface area (Å²) in [4.78, 5) is 23.7. The number of carbonyl (C=O) groups is 2. The van der Waals surface area contributed by atoms with E-state index in [2.05, 4.69) is 16.0 Å². The lowest BCUT2D eigenvalue weighted by Crippen LogP contribution is -2.31. The van der Waals surface area contributed by atoms with Crippen molar-refractivity contribution in [3.63, 3.8) is 0 Å². The number of rotatable bonds is 7. The molecule has 6 nitrogen and oxygen atoms in total. The van der Waals surface area contributed by atoms with E-state index in [-0.39, 0.29) is 17.8 Å². The SMILES string of the molecule is COCCNC(=O)Nc1ccc(C(=O)NCc2ccc(F)cc2)cc1. The number of carbonyl (C=O) groups excluding carboxylic acids is 2. The number of hydrogen-bond donors (Lipinski definition) is 3. The maximum atomic E-state index is 12.8. The Hall–Kier alpha value is -2.93. The molecule has 0 saturated carbocycles. The molecule has 2 aromatic rings. The third-order valence-corrected chi connectivity index (χ3v) is 3.36. The minimum atomic E-state index is -0.342. The molecule has 132 valence electrons. The minimum Gasteiger partial charge on any atom is -0.383 e. The number of benzene rings is 2. The molecule has 0 saturated heterocycles. The highest BCUT2D eigenvalue weighted by Gasteiger charge is 2.06. The van der Waals surface area contributed by atoms with Gasteiger partial charge in [-0.05, 0) is 42.0 Å². The minimum absolute atomic E-state index is 0.250. The van der Waals surface area contributed by atoms with Gasteiger partial charge in [-0.3, -0.25) is 4.79 Å². The Morgan fingerprint density at radius 1 is 1.00 bits per heavy atom. The van der Waals surface area contributed by atoms with Gasteiger partial charge >= 0.3 is 6.03 Å². The van der Waals surface area contributed by atoms with E-state index < -0.39 is 0 Å². The molecule has 0 fully saturated rings. The van der Waals surface area contributed by atoms with Crippen LogP contribution in [0.25, 0.3) is 0 Å². The maximum Gasteiger partial charge on any atom is 0.319 e. The van der Waals surface area contributed by atoms with Crippen LogP contribution in [0.1, 0.15) is 15.9 Å². The third-order valence-electron chi connectivity index (χ3n) is 3.36. The molecule has 0 aliphatic heterocycles. The second-order valence-electron chi connectivity index (χ2n) is 5.26. The molecule has 0 bridgehead atoms. The number of halogens is 1. The Morgan fingerprint density at radius 3 is 2.32 bits per heavy atom. The van der Waals surface area contributed by atoms with Crippen LogP contribution in [-0.4, -0.2) is 32.2 Å². The van der Waals surface area contributed by atoms with Crippen molar-refractivity contribution in [3.05, 3.63) is 65.5 Å². The Bertz CT molecular complexity index is 703. The highest BCUT2D eigenvalue weighted by atomic mass is 19.1. The van der Waals surface area contributed by atoms with Crippen LogP contribution >= 0.6 is 0 Å². The fourth-order valence-corrected chi connectivity index (χ4v) is 2.03. The molecule has 7 heteroatoms. The average Bonchev–Trinajstić information content (AvgIpc) is 2.62. The summed E-state index contributed by atoms with van der Waals surface area (Å²) < 4.78 is 17.7. The number of methoxy groups -OCH3 is 1. The van der Waals surface area contributed by atoms with Crippen molar-refractivity contribution in [2.45, 2.75) is 6.54 Å². The normalized spacial score (nSPS) is 10.2. The largest absolute Gasteiger partial charge is 0.383 e. The van der Waals surface area contributed by atoms with Gasteiger partial charge < -0.3 is 20.7 Å². The highest BCUT2D eigenvalue weighted by Crippen LogP contribution is 2.10. The smallest absolute Gasteiger partial charge is 0.319 e. The van der Waals surface area contributed by atoms with Gasteiger partial charge in [0, 0.05) is 31.5 Å². The molecule has 0 spiro atoms. The predicted octanol–water partition coefficient (Wildman–Crippen LogP) is 2.52. The predicted molar refractivity (Wildman–Crippen MR) is 92.9 cm³/mol. The zero-order chi connectivity index (χ0) is 18.1. The molecule has 3 amide bonds. The summed E-state index contributed by atoms with van der Waals surface area (Å²) in [5.41, 5.74) is 1.85. The maximum absolute atomic E-state index is 12.8. The van der Waals surface area contributed by atoms with Crippen LogP contribution in [0.2, 0.25) is 0 Å². The molecule has 25 heavy (non-hydrogen) atoms. The second-order valence-corrected chi connectivity index (χ2v) is 5.26. The van der Waals surface area contributed by atoms with Crippen LogP contribution in [0.3, 0.4) is 0 Å². The summed E-state index contributed by atoms with van der Waals surface area (Å²) in [6, 6.07) is 12.1. The second kappa shape index (κ2) is 9.39. The van der Waals surface area contributed by atoms with Crippen molar-refractivity contribution in [1.29, 1.82) is 0 Å². The van der Waals surface area contributed by atoms with E-state index in [1.54, 1.807) is 43.5 Å². The van der Waals surface area contributed by atoms with E-state index in [1.165, 1.54) is 12.1 Å². The summed E-state index contributed by atoms with van der Waals surface area (Å²) >= 11 is 0. The van der Waals surface area contributed by atoms with Crippen LogP contribution in [0, 0.1) is 5.82 Å². The van der Waals surface area contributed by atoms with E-state index in [4.69, 9.17) is 4.74 Å². The van der Waals surface area contributed by atoms with Gasteiger partial charge in [0.15, 0.2) is 0 Å². The van der Waals surface area contributed by atoms with E-state index >= 15 is 0 Å². The standard InChI is InChI=1S/C18H20FN3O3/c1-25-11-10-20-18(24)22-16-8-4-14(5-9-16)17(23)21-12-13-2-6-15(19)7-3-13/h2-9H,10-12H2,1H3,(H,21,23)(H2,20,22,24). The number of ether oxygens (including phenoxy) is 1. The first-order valence-corrected chi connectivity index (χ1v) is 7.75. The molecule has 0 radical (unpaired) electrons. The van der Waals surface area contributed by atoms with Crippen LogP contribution in [0.15, 0.2) is 48.5 Å². The Balaban J connectivity index is 1.83. The van der Waals surface area contributed by atoms with Gasteiger partial charge in [-0.15, -0.1) is 0 Å². The van der Waals surface area contributed by atoms with Crippen LogP contribution in [0.4, 0.5) is 14.9 Å². The van der Waals surface area contributed by atoms with E-state index in [0.717, 1.165) is 5.56 Å². The van der Waals surface area contributed by atoms with Crippen molar-refractivity contribution in [2.24, 2.45) is 0 Å². The lowest BCUT2D eigenvalue weighted by Gasteiger charge is -2.09. The average molecular weight is 345 g/mol. The molecule has 0 aliphatic rings. The molecule has 0 heterocycles. The molecule has 3 N–H and O–H groups in total. The van der Waals surface area contributed by atoms with Gasteiger partial charge in [0.05, 0.1) is 6.61 Å². The first kappa shape index (κ1) is 18.4.